The number of anilines is 2. The van der Waals surface area contributed by atoms with Crippen molar-refractivity contribution >= 4 is 28.6 Å². The standard InChI is InChI=1S/C28H37N3O3/c1-17(2)34-22-10-8-20(9-11-22)29-27-30-24-14-23(26(32)33-7)19(4)13-25(24)31(27)21-12-18(3)15-28(5,6)16-21/h8-11,13-14,17-18,21H,12,15-16H2,1-7H3,(H,29,30). The number of nitrogens with zero attached hydrogens (tertiary/aromatic N) is 2. The second kappa shape index (κ2) is 9.32. The molecule has 1 aromatic heterocycles. The summed E-state index contributed by atoms with van der Waals surface area (Å²) in [5.41, 5.74) is 4.49. The van der Waals surface area contributed by atoms with Gasteiger partial charge in [0, 0.05) is 11.7 Å². The largest absolute Gasteiger partial charge is 0.491 e. The summed E-state index contributed by atoms with van der Waals surface area (Å²) in [6.45, 7) is 13.1. The number of methoxy groups -OCH3 is 1. The van der Waals surface area contributed by atoms with Gasteiger partial charge < -0.3 is 19.4 Å². The van der Waals surface area contributed by atoms with Gasteiger partial charge in [-0.1, -0.05) is 20.8 Å². The Balaban J connectivity index is 1.79. The van der Waals surface area contributed by atoms with Crippen LogP contribution in [0.4, 0.5) is 11.6 Å². The van der Waals surface area contributed by atoms with Gasteiger partial charge in [-0.05, 0) is 93.3 Å². The normalized spacial score (nSPS) is 19.9. The van der Waals surface area contributed by atoms with E-state index in [1.807, 2.05) is 51.1 Å². The van der Waals surface area contributed by atoms with Gasteiger partial charge in [0.15, 0.2) is 0 Å². The van der Waals surface area contributed by atoms with Crippen LogP contribution in [-0.2, 0) is 4.74 Å². The second-order valence-electron chi connectivity index (χ2n) is 10.8. The van der Waals surface area contributed by atoms with Gasteiger partial charge in [0.1, 0.15) is 5.75 Å². The third-order valence-electron chi connectivity index (χ3n) is 6.65. The number of ether oxygens (including phenoxy) is 2. The van der Waals surface area contributed by atoms with Crippen LogP contribution in [0.5, 0.6) is 5.75 Å². The van der Waals surface area contributed by atoms with E-state index in [4.69, 9.17) is 14.5 Å². The summed E-state index contributed by atoms with van der Waals surface area (Å²) in [7, 11) is 1.41. The average Bonchev–Trinajstić information content (AvgIpc) is 3.08. The van der Waals surface area contributed by atoms with Crippen molar-refractivity contribution < 1.29 is 14.3 Å². The number of carbonyl (C=O) groups excluding carboxylic acids is 1. The molecule has 1 heterocycles. The fourth-order valence-corrected chi connectivity index (χ4v) is 5.54. The highest BCUT2D eigenvalue weighted by Gasteiger charge is 2.35. The lowest BCUT2D eigenvalue weighted by atomic mass is 9.70. The van der Waals surface area contributed by atoms with Gasteiger partial charge in [-0.25, -0.2) is 9.78 Å². The molecule has 1 fully saturated rings. The molecule has 2 atom stereocenters. The third-order valence-corrected chi connectivity index (χ3v) is 6.65. The minimum Gasteiger partial charge on any atom is -0.491 e. The number of carbonyl (C=O) groups is 1. The van der Waals surface area contributed by atoms with Crippen molar-refractivity contribution in [2.45, 2.75) is 73.0 Å². The SMILES string of the molecule is COC(=O)c1cc2nc(Nc3ccc(OC(C)C)cc3)n(C3CC(C)CC(C)(C)C3)c2cc1C. The first-order chi connectivity index (χ1) is 16.1. The molecule has 0 bridgehead atoms. The quantitative estimate of drug-likeness (QED) is 0.397. The Morgan fingerprint density at radius 2 is 1.88 bits per heavy atom. The number of imidazole rings is 1. The van der Waals surface area contributed by atoms with E-state index in [1.165, 1.54) is 13.5 Å². The van der Waals surface area contributed by atoms with Crippen molar-refractivity contribution in [2.75, 3.05) is 12.4 Å². The van der Waals surface area contributed by atoms with E-state index in [0.29, 0.717) is 17.5 Å². The topological polar surface area (TPSA) is 65.4 Å². The van der Waals surface area contributed by atoms with Crippen LogP contribution in [0.1, 0.15) is 75.8 Å². The Hall–Kier alpha value is -3.02. The van der Waals surface area contributed by atoms with Gasteiger partial charge in [-0.3, -0.25) is 0 Å². The summed E-state index contributed by atoms with van der Waals surface area (Å²) in [6, 6.07) is 12.2. The number of esters is 1. The van der Waals surface area contributed by atoms with Gasteiger partial charge in [-0.2, -0.15) is 0 Å². The maximum absolute atomic E-state index is 12.3. The van der Waals surface area contributed by atoms with Crippen molar-refractivity contribution in [3.05, 3.63) is 47.5 Å². The van der Waals surface area contributed by atoms with E-state index in [1.54, 1.807) is 0 Å². The second-order valence-corrected chi connectivity index (χ2v) is 10.8. The lowest BCUT2D eigenvalue weighted by Crippen LogP contribution is -2.29. The summed E-state index contributed by atoms with van der Waals surface area (Å²) >= 11 is 0. The number of benzene rings is 2. The molecule has 6 nitrogen and oxygen atoms in total. The highest BCUT2D eigenvalue weighted by molar-refractivity contribution is 5.96. The average molecular weight is 464 g/mol. The summed E-state index contributed by atoms with van der Waals surface area (Å²) in [5.74, 6) is 1.93. The van der Waals surface area contributed by atoms with Crippen LogP contribution in [0.25, 0.3) is 11.0 Å². The van der Waals surface area contributed by atoms with Gasteiger partial charge in [0.05, 0.1) is 29.8 Å². The molecule has 6 heteroatoms. The summed E-state index contributed by atoms with van der Waals surface area (Å²) in [5, 5.41) is 3.54. The van der Waals surface area contributed by atoms with E-state index >= 15 is 0 Å². The molecule has 0 amide bonds. The molecule has 0 aliphatic heterocycles. The molecule has 2 aromatic carbocycles. The van der Waals surface area contributed by atoms with Crippen LogP contribution in [0.3, 0.4) is 0 Å². The van der Waals surface area contributed by atoms with Crippen LogP contribution in [-0.4, -0.2) is 28.7 Å². The molecule has 1 N–H and O–H groups in total. The molecule has 0 radical (unpaired) electrons. The molecule has 1 aliphatic carbocycles. The van der Waals surface area contributed by atoms with Crippen LogP contribution < -0.4 is 10.1 Å². The van der Waals surface area contributed by atoms with Crippen molar-refractivity contribution in [1.82, 2.24) is 9.55 Å². The van der Waals surface area contributed by atoms with Crippen LogP contribution in [0.2, 0.25) is 0 Å². The van der Waals surface area contributed by atoms with Gasteiger partial charge in [0.25, 0.3) is 0 Å². The number of aryl methyl sites for hydroxylation is 1. The number of hydrogen-bond donors (Lipinski definition) is 1. The molecule has 1 aliphatic rings. The zero-order valence-corrected chi connectivity index (χ0v) is 21.4. The zero-order chi connectivity index (χ0) is 24.6. The number of hydrogen-bond acceptors (Lipinski definition) is 5. The maximum atomic E-state index is 12.3. The van der Waals surface area contributed by atoms with E-state index in [-0.39, 0.29) is 17.5 Å². The van der Waals surface area contributed by atoms with E-state index in [9.17, 15) is 4.79 Å². The number of fused-ring (bicyclic) bond motifs is 1. The van der Waals surface area contributed by atoms with Crippen molar-refractivity contribution in [2.24, 2.45) is 11.3 Å². The van der Waals surface area contributed by atoms with E-state index < -0.39 is 0 Å². The Bertz CT molecular complexity index is 1180. The minimum atomic E-state index is -0.336. The third kappa shape index (κ3) is 5.06. The predicted molar refractivity (Wildman–Crippen MR) is 137 cm³/mol. The number of aromatic nitrogens is 2. The van der Waals surface area contributed by atoms with Crippen LogP contribution in [0, 0.1) is 18.3 Å². The van der Waals surface area contributed by atoms with E-state index in [0.717, 1.165) is 46.8 Å². The molecule has 1 saturated carbocycles. The number of rotatable bonds is 6. The highest BCUT2D eigenvalue weighted by atomic mass is 16.5. The minimum absolute atomic E-state index is 0.131. The van der Waals surface area contributed by atoms with E-state index in [2.05, 4.69) is 36.7 Å². The van der Waals surface area contributed by atoms with Gasteiger partial charge >= 0.3 is 5.97 Å². The lowest BCUT2D eigenvalue weighted by molar-refractivity contribution is 0.0600. The maximum Gasteiger partial charge on any atom is 0.338 e. The van der Waals surface area contributed by atoms with Crippen molar-refractivity contribution in [3.63, 3.8) is 0 Å². The molecule has 0 saturated heterocycles. The predicted octanol–water partition coefficient (Wildman–Crippen LogP) is 7.05. The molecular weight excluding hydrogens is 426 g/mol. The zero-order valence-electron chi connectivity index (χ0n) is 21.4. The summed E-state index contributed by atoms with van der Waals surface area (Å²) in [6.07, 6.45) is 3.53. The van der Waals surface area contributed by atoms with Crippen molar-refractivity contribution in [1.29, 1.82) is 0 Å². The molecular formula is C28H37N3O3. The summed E-state index contributed by atoms with van der Waals surface area (Å²) in [4.78, 5) is 17.3. The molecule has 0 spiro atoms. The van der Waals surface area contributed by atoms with Crippen molar-refractivity contribution in [3.8, 4) is 5.75 Å². The first kappa shape index (κ1) is 24.1. The first-order valence-electron chi connectivity index (χ1n) is 12.2. The van der Waals surface area contributed by atoms with Crippen LogP contribution in [0.15, 0.2) is 36.4 Å². The Labute approximate surface area is 202 Å². The van der Waals surface area contributed by atoms with Gasteiger partial charge in [-0.15, -0.1) is 0 Å². The molecule has 3 aromatic rings. The fraction of sp³-hybridized carbons (Fsp3) is 0.500. The Kier molecular flexibility index (Phi) is 6.61. The molecule has 4 rings (SSSR count). The Morgan fingerprint density at radius 3 is 2.50 bits per heavy atom. The fourth-order valence-electron chi connectivity index (χ4n) is 5.54. The lowest BCUT2D eigenvalue weighted by Gasteiger charge is -2.40. The monoisotopic (exact) mass is 463 g/mol. The van der Waals surface area contributed by atoms with Crippen LogP contribution >= 0.6 is 0 Å². The van der Waals surface area contributed by atoms with Gasteiger partial charge in [0.2, 0.25) is 5.95 Å². The highest BCUT2D eigenvalue weighted by Crippen LogP contribution is 2.46. The molecule has 182 valence electrons. The molecule has 2 unspecified atom stereocenters. The first-order valence-corrected chi connectivity index (χ1v) is 12.2. The Morgan fingerprint density at radius 1 is 1.18 bits per heavy atom. The molecule has 34 heavy (non-hydrogen) atoms. The number of nitrogens with one attached hydrogen (secondary N) is 1. The summed E-state index contributed by atoms with van der Waals surface area (Å²) < 4.78 is 13.1. The smallest absolute Gasteiger partial charge is 0.338 e.